The van der Waals surface area contributed by atoms with Gasteiger partial charge in [-0.3, -0.25) is 14.4 Å². The van der Waals surface area contributed by atoms with E-state index in [-0.39, 0.29) is 11.3 Å². The van der Waals surface area contributed by atoms with Crippen molar-refractivity contribution >= 4 is 23.4 Å². The Hall–Kier alpha value is -3.41. The maximum atomic E-state index is 12.6. The molecule has 2 N–H and O–H groups in total. The number of Topliss-reactive ketones (excluding diaryl/α,β-unsaturated/α-hetero) is 1. The molecule has 1 aliphatic rings. The molecule has 0 aromatic heterocycles. The lowest BCUT2D eigenvalue weighted by molar-refractivity contribution is -0.146. The number of rotatable bonds is 4. The van der Waals surface area contributed by atoms with E-state index in [1.165, 1.54) is 0 Å². The van der Waals surface area contributed by atoms with Crippen LogP contribution in [0.5, 0.6) is 0 Å². The van der Waals surface area contributed by atoms with Gasteiger partial charge >= 0.3 is 5.97 Å². The third-order valence-electron chi connectivity index (χ3n) is 4.29. The number of carbonyl (C=O) groups is 3. The summed E-state index contributed by atoms with van der Waals surface area (Å²) in [5.41, 5.74) is 1.82. The van der Waals surface area contributed by atoms with Gasteiger partial charge in [0, 0.05) is 5.56 Å². The van der Waals surface area contributed by atoms with Gasteiger partial charge < -0.3 is 15.1 Å². The van der Waals surface area contributed by atoms with Gasteiger partial charge in [-0.2, -0.15) is 0 Å². The number of aliphatic hydroxyl groups is 1. The molecule has 0 saturated carbocycles. The number of carbonyl (C=O) groups excluding carboxylic acids is 2. The van der Waals surface area contributed by atoms with Crippen LogP contribution in [0.1, 0.15) is 22.7 Å². The van der Waals surface area contributed by atoms with Crippen LogP contribution in [-0.4, -0.2) is 39.3 Å². The number of likely N-dealkylation sites (tertiary alicyclic amines) is 1. The number of ketones is 1. The van der Waals surface area contributed by atoms with Gasteiger partial charge in [0.15, 0.2) is 0 Å². The van der Waals surface area contributed by atoms with Crippen LogP contribution in [-0.2, 0) is 14.4 Å². The molecular formula is C20H17NO5. The molecule has 1 heterocycles. The zero-order chi connectivity index (χ0) is 18.8. The summed E-state index contributed by atoms with van der Waals surface area (Å²) in [5.74, 6) is -3.37. The maximum Gasteiger partial charge on any atom is 0.323 e. The van der Waals surface area contributed by atoms with Gasteiger partial charge in [0.25, 0.3) is 11.7 Å². The lowest BCUT2D eigenvalue weighted by Gasteiger charge is -2.23. The highest BCUT2D eigenvalue weighted by atomic mass is 16.4. The maximum absolute atomic E-state index is 12.6. The van der Waals surface area contributed by atoms with Gasteiger partial charge in [-0.25, -0.2) is 0 Å². The second-order valence-corrected chi connectivity index (χ2v) is 6.10. The first-order valence-corrected chi connectivity index (χ1v) is 8.02. The van der Waals surface area contributed by atoms with Crippen LogP contribution in [0.25, 0.3) is 5.76 Å². The standard InChI is InChI=1S/C20H17NO5/c1-12-7-9-14(10-8-12)18(24)16-17(13-5-3-2-4-6-13)21(11-15(22)23)20(26)19(16)25/h2-10,17,24H,11H2,1H3,(H,22,23)/b18-16+/t17-/m1/s1. The number of carboxylic acid groups (broad SMARTS) is 1. The fourth-order valence-electron chi connectivity index (χ4n) is 3.04. The second kappa shape index (κ2) is 6.84. The van der Waals surface area contributed by atoms with Crippen LogP contribution >= 0.6 is 0 Å². The van der Waals surface area contributed by atoms with Gasteiger partial charge in [-0.1, -0.05) is 60.2 Å². The third kappa shape index (κ3) is 3.09. The molecule has 6 nitrogen and oxygen atoms in total. The smallest absolute Gasteiger partial charge is 0.323 e. The highest BCUT2D eigenvalue weighted by molar-refractivity contribution is 6.46. The van der Waals surface area contributed by atoms with Crippen molar-refractivity contribution in [2.45, 2.75) is 13.0 Å². The molecule has 1 saturated heterocycles. The number of hydrogen-bond acceptors (Lipinski definition) is 4. The van der Waals surface area contributed by atoms with E-state index >= 15 is 0 Å². The minimum Gasteiger partial charge on any atom is -0.507 e. The van der Waals surface area contributed by atoms with E-state index in [0.29, 0.717) is 11.1 Å². The average Bonchev–Trinajstić information content (AvgIpc) is 2.87. The van der Waals surface area contributed by atoms with Crippen molar-refractivity contribution in [2.24, 2.45) is 0 Å². The molecule has 0 spiro atoms. The van der Waals surface area contributed by atoms with Gasteiger partial charge in [-0.05, 0) is 12.5 Å². The molecule has 3 rings (SSSR count). The summed E-state index contributed by atoms with van der Waals surface area (Å²) in [5, 5.41) is 19.8. The Morgan fingerprint density at radius 1 is 1.00 bits per heavy atom. The van der Waals surface area contributed by atoms with Crippen molar-refractivity contribution in [1.82, 2.24) is 4.90 Å². The number of amides is 1. The Kier molecular flexibility index (Phi) is 4.58. The summed E-state index contributed by atoms with van der Waals surface area (Å²) in [6.45, 7) is 1.26. The van der Waals surface area contributed by atoms with Crippen LogP contribution in [0, 0.1) is 6.92 Å². The van der Waals surface area contributed by atoms with E-state index in [4.69, 9.17) is 5.11 Å². The summed E-state index contributed by atoms with van der Waals surface area (Å²) < 4.78 is 0. The number of aryl methyl sites for hydroxylation is 1. The molecule has 1 atom stereocenters. The Morgan fingerprint density at radius 3 is 2.19 bits per heavy atom. The molecule has 132 valence electrons. The van der Waals surface area contributed by atoms with Crippen molar-refractivity contribution < 1.29 is 24.6 Å². The number of carboxylic acids is 1. The Bertz CT molecular complexity index is 900. The molecule has 0 unspecified atom stereocenters. The predicted molar refractivity (Wildman–Crippen MR) is 94.3 cm³/mol. The number of aliphatic hydroxyl groups excluding tert-OH is 1. The van der Waals surface area contributed by atoms with Gasteiger partial charge in [0.05, 0.1) is 11.6 Å². The summed E-state index contributed by atoms with van der Waals surface area (Å²) in [6.07, 6.45) is 0. The molecule has 1 amide bonds. The molecule has 1 fully saturated rings. The molecule has 1 aliphatic heterocycles. The van der Waals surface area contributed by atoms with Gasteiger partial charge in [-0.15, -0.1) is 0 Å². The molecule has 0 bridgehead atoms. The Balaban J connectivity index is 2.18. The van der Waals surface area contributed by atoms with Crippen LogP contribution in [0.2, 0.25) is 0 Å². The van der Waals surface area contributed by atoms with Crippen molar-refractivity contribution in [2.75, 3.05) is 6.54 Å². The minimum atomic E-state index is -1.23. The van der Waals surface area contributed by atoms with E-state index in [0.717, 1.165) is 10.5 Å². The second-order valence-electron chi connectivity index (χ2n) is 6.10. The molecule has 6 heteroatoms. The molecule has 0 aliphatic carbocycles. The van der Waals surface area contributed by atoms with E-state index in [2.05, 4.69) is 0 Å². The largest absolute Gasteiger partial charge is 0.507 e. The summed E-state index contributed by atoms with van der Waals surface area (Å²) in [4.78, 5) is 37.1. The van der Waals surface area contributed by atoms with E-state index in [9.17, 15) is 19.5 Å². The quantitative estimate of drug-likeness (QED) is 0.501. The Morgan fingerprint density at radius 2 is 1.62 bits per heavy atom. The van der Waals surface area contributed by atoms with Crippen LogP contribution in [0.4, 0.5) is 0 Å². The first-order valence-electron chi connectivity index (χ1n) is 8.02. The Labute approximate surface area is 150 Å². The first-order chi connectivity index (χ1) is 12.4. The average molecular weight is 351 g/mol. The van der Waals surface area contributed by atoms with Crippen LogP contribution in [0.15, 0.2) is 60.2 Å². The van der Waals surface area contributed by atoms with E-state index < -0.39 is 30.2 Å². The van der Waals surface area contributed by atoms with Crippen LogP contribution in [0.3, 0.4) is 0 Å². The van der Waals surface area contributed by atoms with Crippen molar-refractivity contribution in [3.05, 3.63) is 76.9 Å². The molecule has 26 heavy (non-hydrogen) atoms. The van der Waals surface area contributed by atoms with E-state index in [1.807, 2.05) is 6.92 Å². The lowest BCUT2D eigenvalue weighted by Crippen LogP contribution is -2.34. The highest BCUT2D eigenvalue weighted by Gasteiger charge is 2.46. The number of aliphatic carboxylic acids is 1. The molecule has 2 aromatic carbocycles. The predicted octanol–water partition coefficient (Wildman–Crippen LogP) is 2.50. The van der Waals surface area contributed by atoms with Crippen molar-refractivity contribution in [3.8, 4) is 0 Å². The summed E-state index contributed by atoms with van der Waals surface area (Å²) in [6, 6.07) is 14.5. The molecular weight excluding hydrogens is 334 g/mol. The van der Waals surface area contributed by atoms with Crippen molar-refractivity contribution in [1.29, 1.82) is 0 Å². The SMILES string of the molecule is Cc1ccc(/C(O)=C2\C(=O)C(=O)N(CC(=O)O)[C@@H]2c2ccccc2)cc1. The van der Waals surface area contributed by atoms with Gasteiger partial charge in [0.2, 0.25) is 0 Å². The minimum absolute atomic E-state index is 0.105. The normalized spacial score (nSPS) is 19.0. The third-order valence-corrected chi connectivity index (χ3v) is 4.29. The highest BCUT2D eigenvalue weighted by Crippen LogP contribution is 2.39. The number of hydrogen-bond donors (Lipinski definition) is 2. The fourth-order valence-corrected chi connectivity index (χ4v) is 3.04. The van der Waals surface area contributed by atoms with E-state index in [1.54, 1.807) is 54.6 Å². The zero-order valence-corrected chi connectivity index (χ0v) is 14.0. The number of benzene rings is 2. The van der Waals surface area contributed by atoms with Crippen molar-refractivity contribution in [3.63, 3.8) is 0 Å². The summed E-state index contributed by atoms with van der Waals surface area (Å²) in [7, 11) is 0. The fraction of sp³-hybridized carbons (Fsp3) is 0.150. The zero-order valence-electron chi connectivity index (χ0n) is 14.0. The topological polar surface area (TPSA) is 94.9 Å². The van der Waals surface area contributed by atoms with Crippen LogP contribution < -0.4 is 0 Å². The summed E-state index contributed by atoms with van der Waals surface area (Å²) >= 11 is 0. The first kappa shape index (κ1) is 17.4. The monoisotopic (exact) mass is 351 g/mol. The molecule has 2 aromatic rings. The van der Waals surface area contributed by atoms with Gasteiger partial charge in [0.1, 0.15) is 12.3 Å². The lowest BCUT2D eigenvalue weighted by atomic mass is 9.95. The molecule has 0 radical (unpaired) electrons. The number of nitrogens with zero attached hydrogens (tertiary/aromatic N) is 1.